The average molecular weight is 793 g/mol. The monoisotopic (exact) mass is 793 g/mol. The quantitative estimate of drug-likeness (QED) is 0.0347. The summed E-state index contributed by atoms with van der Waals surface area (Å²) in [7, 11) is 0. The van der Waals surface area contributed by atoms with Crippen LogP contribution < -0.4 is 0 Å². The molecule has 0 aliphatic carbocycles. The van der Waals surface area contributed by atoms with Gasteiger partial charge < -0.3 is 14.2 Å². The van der Waals surface area contributed by atoms with Gasteiger partial charge in [-0.3, -0.25) is 14.4 Å². The first-order chi connectivity index (χ1) is 27.2. The third-order valence-corrected chi connectivity index (χ3v) is 11.2. The number of esters is 3. The van der Waals surface area contributed by atoms with E-state index in [1.165, 1.54) is 161 Å². The van der Waals surface area contributed by atoms with Crippen LogP contribution in [0, 0.1) is 11.8 Å². The summed E-state index contributed by atoms with van der Waals surface area (Å²) in [5.41, 5.74) is 0. The summed E-state index contributed by atoms with van der Waals surface area (Å²) >= 11 is 0. The number of rotatable bonds is 44. The van der Waals surface area contributed by atoms with Crippen LogP contribution in [0.4, 0.5) is 0 Å². The molecule has 0 aromatic carbocycles. The van der Waals surface area contributed by atoms with E-state index in [0.717, 1.165) is 69.6 Å². The van der Waals surface area contributed by atoms with E-state index in [2.05, 4.69) is 34.6 Å². The third-order valence-electron chi connectivity index (χ3n) is 11.2. The Morgan fingerprint density at radius 2 is 0.589 bits per heavy atom. The van der Waals surface area contributed by atoms with E-state index < -0.39 is 6.10 Å². The molecule has 0 fully saturated rings. The minimum absolute atomic E-state index is 0.0649. The maximum absolute atomic E-state index is 12.7. The summed E-state index contributed by atoms with van der Waals surface area (Å²) in [6.07, 6.45) is 42.5. The fourth-order valence-corrected chi connectivity index (χ4v) is 7.46. The number of hydrogen-bond donors (Lipinski definition) is 0. The lowest BCUT2D eigenvalue weighted by Gasteiger charge is -2.18. The van der Waals surface area contributed by atoms with Crippen LogP contribution in [0.3, 0.4) is 0 Å². The molecule has 0 saturated heterocycles. The van der Waals surface area contributed by atoms with Gasteiger partial charge in [0.05, 0.1) is 0 Å². The van der Waals surface area contributed by atoms with Crippen LogP contribution in [0.15, 0.2) is 0 Å². The van der Waals surface area contributed by atoms with Crippen molar-refractivity contribution in [2.75, 3.05) is 13.2 Å². The Hall–Kier alpha value is -1.59. The Bertz CT molecular complexity index is 854. The van der Waals surface area contributed by atoms with E-state index in [-0.39, 0.29) is 31.1 Å². The molecule has 56 heavy (non-hydrogen) atoms. The molecule has 0 aliphatic rings. The van der Waals surface area contributed by atoms with Gasteiger partial charge >= 0.3 is 17.9 Å². The summed E-state index contributed by atoms with van der Waals surface area (Å²) in [5.74, 6) is 0.758. The van der Waals surface area contributed by atoms with Crippen molar-refractivity contribution in [3.63, 3.8) is 0 Å². The first kappa shape index (κ1) is 54.4. The molecule has 0 bridgehead atoms. The van der Waals surface area contributed by atoms with Gasteiger partial charge in [0.15, 0.2) is 6.10 Å². The largest absolute Gasteiger partial charge is 0.462 e. The maximum Gasteiger partial charge on any atom is 0.306 e. The Balaban J connectivity index is 4.22. The molecule has 1 atom stereocenters. The lowest BCUT2D eigenvalue weighted by molar-refractivity contribution is -0.167. The Kier molecular flexibility index (Phi) is 41.8. The van der Waals surface area contributed by atoms with Crippen molar-refractivity contribution in [1.82, 2.24) is 0 Å². The lowest BCUT2D eigenvalue weighted by Crippen LogP contribution is -2.30. The maximum atomic E-state index is 12.7. The van der Waals surface area contributed by atoms with E-state index in [1.54, 1.807) is 0 Å². The SMILES string of the molecule is CCCCCCCCCCCCC(=O)OC[C@H](COC(=O)CCCCCCCCC(C)C)OC(=O)CCCCCCCCCCCCCCCCCCC(C)C. The van der Waals surface area contributed by atoms with Gasteiger partial charge in [-0.2, -0.15) is 0 Å². The second kappa shape index (κ2) is 43.0. The van der Waals surface area contributed by atoms with E-state index in [4.69, 9.17) is 14.2 Å². The predicted molar refractivity (Wildman–Crippen MR) is 238 cm³/mol. The Labute approximate surface area is 348 Å². The minimum atomic E-state index is -0.761. The molecule has 6 heteroatoms. The highest BCUT2D eigenvalue weighted by Crippen LogP contribution is 2.17. The highest BCUT2D eigenvalue weighted by molar-refractivity contribution is 5.71. The summed E-state index contributed by atoms with van der Waals surface area (Å²) in [4.78, 5) is 37.7. The zero-order valence-corrected chi connectivity index (χ0v) is 38.3. The molecule has 0 heterocycles. The molecule has 0 N–H and O–H groups in total. The molecule has 0 radical (unpaired) electrons. The topological polar surface area (TPSA) is 78.9 Å². The Morgan fingerprint density at radius 1 is 0.339 bits per heavy atom. The van der Waals surface area contributed by atoms with Gasteiger partial charge in [0, 0.05) is 19.3 Å². The summed E-state index contributed by atoms with van der Waals surface area (Å²) in [5, 5.41) is 0. The second-order valence-corrected chi connectivity index (χ2v) is 18.1. The number of hydrogen-bond acceptors (Lipinski definition) is 6. The zero-order chi connectivity index (χ0) is 41.2. The van der Waals surface area contributed by atoms with Crippen molar-refractivity contribution < 1.29 is 28.6 Å². The fourth-order valence-electron chi connectivity index (χ4n) is 7.46. The van der Waals surface area contributed by atoms with E-state index in [9.17, 15) is 14.4 Å². The highest BCUT2D eigenvalue weighted by Gasteiger charge is 2.19. The van der Waals surface area contributed by atoms with Crippen molar-refractivity contribution in [3.05, 3.63) is 0 Å². The van der Waals surface area contributed by atoms with Crippen molar-refractivity contribution in [2.24, 2.45) is 11.8 Å². The standard InChI is InChI=1S/C50H96O6/c1-6-7-8-9-10-11-21-24-30-35-40-48(51)54-43-47(44-55-49(52)41-36-31-27-26-29-34-39-46(4)5)56-50(53)42-37-32-25-22-19-17-15-13-12-14-16-18-20-23-28-33-38-45(2)3/h45-47H,6-44H2,1-5H3/t47-/m1/s1. The zero-order valence-electron chi connectivity index (χ0n) is 38.3. The van der Waals surface area contributed by atoms with Crippen LogP contribution in [0.1, 0.15) is 272 Å². The molecule has 0 aliphatic heterocycles. The van der Waals surface area contributed by atoms with Crippen molar-refractivity contribution in [2.45, 2.75) is 278 Å². The third kappa shape index (κ3) is 43.5. The van der Waals surface area contributed by atoms with Gasteiger partial charge in [-0.1, -0.05) is 234 Å². The molecule has 0 aromatic heterocycles. The number of carbonyl (C=O) groups is 3. The smallest absolute Gasteiger partial charge is 0.306 e. The Morgan fingerprint density at radius 3 is 0.875 bits per heavy atom. The number of unbranched alkanes of at least 4 members (excludes halogenated alkanes) is 29. The van der Waals surface area contributed by atoms with Crippen LogP contribution in [-0.2, 0) is 28.6 Å². The summed E-state index contributed by atoms with van der Waals surface area (Å²) in [6.45, 7) is 11.3. The lowest BCUT2D eigenvalue weighted by atomic mass is 10.0. The van der Waals surface area contributed by atoms with Crippen LogP contribution in [-0.4, -0.2) is 37.2 Å². The predicted octanol–water partition coefficient (Wildman–Crippen LogP) is 15.8. The van der Waals surface area contributed by atoms with Crippen molar-refractivity contribution in [1.29, 1.82) is 0 Å². The molecule has 0 rings (SSSR count). The van der Waals surface area contributed by atoms with Crippen LogP contribution in [0.5, 0.6) is 0 Å². The molecule has 0 spiro atoms. The van der Waals surface area contributed by atoms with E-state index in [0.29, 0.717) is 19.3 Å². The van der Waals surface area contributed by atoms with Crippen LogP contribution in [0.25, 0.3) is 0 Å². The highest BCUT2D eigenvalue weighted by atomic mass is 16.6. The fraction of sp³-hybridized carbons (Fsp3) is 0.940. The van der Waals surface area contributed by atoms with E-state index in [1.807, 2.05) is 0 Å². The molecular weight excluding hydrogens is 697 g/mol. The molecule has 0 saturated carbocycles. The van der Waals surface area contributed by atoms with Crippen molar-refractivity contribution in [3.8, 4) is 0 Å². The van der Waals surface area contributed by atoms with Gasteiger partial charge in [-0.15, -0.1) is 0 Å². The molecule has 0 aromatic rings. The van der Waals surface area contributed by atoms with Crippen molar-refractivity contribution >= 4 is 17.9 Å². The summed E-state index contributed by atoms with van der Waals surface area (Å²) < 4.78 is 16.7. The first-order valence-electron chi connectivity index (χ1n) is 24.7. The molecule has 0 amide bonds. The van der Waals surface area contributed by atoms with Gasteiger partial charge in [0.2, 0.25) is 0 Å². The average Bonchev–Trinajstić information content (AvgIpc) is 3.16. The number of ether oxygens (including phenoxy) is 3. The molecular formula is C50H96O6. The van der Waals surface area contributed by atoms with Crippen LogP contribution >= 0.6 is 0 Å². The molecule has 332 valence electrons. The van der Waals surface area contributed by atoms with Crippen LogP contribution in [0.2, 0.25) is 0 Å². The van der Waals surface area contributed by atoms with Gasteiger partial charge in [-0.05, 0) is 31.1 Å². The molecule has 6 nitrogen and oxygen atoms in total. The first-order valence-corrected chi connectivity index (χ1v) is 24.7. The number of carbonyl (C=O) groups excluding carboxylic acids is 3. The normalized spacial score (nSPS) is 12.1. The second-order valence-electron chi connectivity index (χ2n) is 18.1. The van der Waals surface area contributed by atoms with E-state index >= 15 is 0 Å². The minimum Gasteiger partial charge on any atom is -0.462 e. The molecule has 0 unspecified atom stereocenters. The van der Waals surface area contributed by atoms with Gasteiger partial charge in [0.1, 0.15) is 13.2 Å². The van der Waals surface area contributed by atoms with Gasteiger partial charge in [0.25, 0.3) is 0 Å². The van der Waals surface area contributed by atoms with Gasteiger partial charge in [-0.25, -0.2) is 0 Å². The summed E-state index contributed by atoms with van der Waals surface area (Å²) in [6, 6.07) is 0.